The molecule has 0 radical (unpaired) electrons. The topological polar surface area (TPSA) is 40.5 Å². The predicted molar refractivity (Wildman–Crippen MR) is 90.9 cm³/mol. The number of benzene rings is 2. The van der Waals surface area contributed by atoms with Crippen molar-refractivity contribution >= 4 is 12.2 Å². The minimum absolute atomic E-state index is 0.0759. The minimum Gasteiger partial charge on any atom is -0.507 e. The Morgan fingerprint density at radius 1 is 0.750 bits per heavy atom. The zero-order valence-corrected chi connectivity index (χ0v) is 13.3. The quantitative estimate of drug-likeness (QED) is 0.720. The van der Waals surface area contributed by atoms with Crippen molar-refractivity contribution in [3.05, 3.63) is 58.7 Å². The third-order valence-corrected chi connectivity index (χ3v) is 4.53. The summed E-state index contributed by atoms with van der Waals surface area (Å²) in [6.45, 7) is 0. The van der Waals surface area contributed by atoms with Crippen LogP contribution in [0.15, 0.2) is 30.3 Å². The molecule has 2 nitrogen and oxygen atoms in total. The fraction of sp³-hybridized carbons (Fsp3) is 0.300. The summed E-state index contributed by atoms with van der Waals surface area (Å²) >= 11 is 0. The molecule has 0 aromatic heterocycles. The molecule has 4 heteroatoms. The van der Waals surface area contributed by atoms with Crippen LogP contribution in [-0.4, -0.2) is 10.2 Å². The first-order valence-electron chi connectivity index (χ1n) is 8.23. The van der Waals surface area contributed by atoms with Gasteiger partial charge in [0.2, 0.25) is 0 Å². The zero-order valence-electron chi connectivity index (χ0n) is 13.3. The average Bonchev–Trinajstić information content (AvgIpc) is 2.52. The highest BCUT2D eigenvalue weighted by Crippen LogP contribution is 2.42. The van der Waals surface area contributed by atoms with E-state index >= 15 is 0 Å². The average molecular weight is 330 g/mol. The van der Waals surface area contributed by atoms with Crippen molar-refractivity contribution in [1.29, 1.82) is 0 Å². The smallest absolute Gasteiger partial charge is 0.126 e. The predicted octanol–water partition coefficient (Wildman–Crippen LogP) is 5.59. The fourth-order valence-corrected chi connectivity index (χ4v) is 3.41. The van der Waals surface area contributed by atoms with Crippen molar-refractivity contribution in [2.24, 2.45) is 0 Å². The monoisotopic (exact) mass is 330 g/mol. The molecule has 2 aromatic rings. The van der Waals surface area contributed by atoms with Crippen LogP contribution in [0.1, 0.15) is 54.7 Å². The number of rotatable bonds is 3. The Morgan fingerprint density at radius 3 is 1.79 bits per heavy atom. The summed E-state index contributed by atoms with van der Waals surface area (Å²) in [5.41, 5.74) is 1.57. The van der Waals surface area contributed by atoms with Crippen LogP contribution in [0.5, 0.6) is 11.5 Å². The Bertz CT molecular complexity index is 719. The molecule has 1 fully saturated rings. The molecular weight excluding hydrogens is 310 g/mol. The van der Waals surface area contributed by atoms with Gasteiger partial charge in [0, 0.05) is 11.6 Å². The first-order valence-corrected chi connectivity index (χ1v) is 8.23. The lowest BCUT2D eigenvalue weighted by Crippen LogP contribution is -2.05. The van der Waals surface area contributed by atoms with E-state index in [1.54, 1.807) is 24.3 Å². The Kier molecular flexibility index (Phi) is 4.84. The summed E-state index contributed by atoms with van der Waals surface area (Å²) in [4.78, 5) is 0. The number of hydrogen-bond acceptors (Lipinski definition) is 2. The Labute approximate surface area is 140 Å². The van der Waals surface area contributed by atoms with E-state index < -0.39 is 11.6 Å². The van der Waals surface area contributed by atoms with Crippen molar-refractivity contribution in [3.8, 4) is 11.5 Å². The largest absolute Gasteiger partial charge is 0.507 e. The van der Waals surface area contributed by atoms with Gasteiger partial charge in [-0.3, -0.25) is 0 Å². The molecule has 2 aromatic carbocycles. The van der Waals surface area contributed by atoms with E-state index in [9.17, 15) is 19.0 Å². The van der Waals surface area contributed by atoms with Gasteiger partial charge in [-0.25, -0.2) is 8.78 Å². The Morgan fingerprint density at radius 2 is 1.25 bits per heavy atom. The van der Waals surface area contributed by atoms with E-state index in [1.807, 2.05) is 0 Å². The zero-order chi connectivity index (χ0) is 17.1. The van der Waals surface area contributed by atoms with Gasteiger partial charge in [0.05, 0.1) is 0 Å². The summed E-state index contributed by atoms with van der Waals surface area (Å²) in [5.74, 6) is -0.950. The van der Waals surface area contributed by atoms with Gasteiger partial charge >= 0.3 is 0 Å². The third-order valence-electron chi connectivity index (χ3n) is 4.53. The van der Waals surface area contributed by atoms with Crippen LogP contribution in [-0.2, 0) is 0 Å². The van der Waals surface area contributed by atoms with Gasteiger partial charge in [-0.1, -0.05) is 31.4 Å². The summed E-state index contributed by atoms with van der Waals surface area (Å²) in [6, 6.07) is 6.41. The molecule has 126 valence electrons. The maximum Gasteiger partial charge on any atom is 0.126 e. The molecule has 0 saturated heterocycles. The fourth-order valence-electron chi connectivity index (χ4n) is 3.41. The molecule has 3 rings (SSSR count). The number of phenolic OH excluding ortho intramolecular Hbond substituents is 2. The SMILES string of the molecule is Oc1cc(/C=C/c2cc(F)cc(F)c2)cc(O)c1C1CCCCC1. The lowest BCUT2D eigenvalue weighted by Gasteiger charge is -2.23. The maximum atomic E-state index is 13.2. The van der Waals surface area contributed by atoms with Crippen molar-refractivity contribution < 1.29 is 19.0 Å². The number of aromatic hydroxyl groups is 2. The Balaban J connectivity index is 1.85. The van der Waals surface area contributed by atoms with E-state index in [2.05, 4.69) is 0 Å². The molecule has 2 N–H and O–H groups in total. The number of hydrogen-bond donors (Lipinski definition) is 2. The molecule has 0 aliphatic heterocycles. The first kappa shape index (κ1) is 16.5. The molecule has 0 spiro atoms. The van der Waals surface area contributed by atoms with Gasteiger partial charge in [-0.15, -0.1) is 0 Å². The normalized spacial score (nSPS) is 15.9. The van der Waals surface area contributed by atoms with Crippen LogP contribution < -0.4 is 0 Å². The summed E-state index contributed by atoms with van der Waals surface area (Å²) in [5, 5.41) is 20.6. The van der Waals surface area contributed by atoms with E-state index in [-0.39, 0.29) is 17.4 Å². The van der Waals surface area contributed by atoms with Crippen molar-refractivity contribution in [1.82, 2.24) is 0 Å². The van der Waals surface area contributed by atoms with Crippen molar-refractivity contribution in [3.63, 3.8) is 0 Å². The van der Waals surface area contributed by atoms with E-state index in [1.165, 1.54) is 18.6 Å². The third kappa shape index (κ3) is 3.75. The summed E-state index contributed by atoms with van der Waals surface area (Å²) < 4.78 is 26.4. The van der Waals surface area contributed by atoms with Gasteiger partial charge in [0.1, 0.15) is 23.1 Å². The highest BCUT2D eigenvalue weighted by atomic mass is 19.1. The van der Waals surface area contributed by atoms with Crippen LogP contribution in [0.25, 0.3) is 12.2 Å². The second-order valence-corrected chi connectivity index (χ2v) is 6.34. The van der Waals surface area contributed by atoms with Crippen LogP contribution in [0.2, 0.25) is 0 Å². The molecule has 0 atom stereocenters. The molecule has 0 amide bonds. The Hall–Kier alpha value is -2.36. The van der Waals surface area contributed by atoms with E-state index in [0.717, 1.165) is 31.7 Å². The number of halogens is 2. The standard InChI is InChI=1S/C20H20F2O2/c21-16-8-13(9-17(22)12-16)6-7-14-10-18(23)20(19(24)11-14)15-4-2-1-3-5-15/h6-12,15,23-24H,1-5H2/b7-6+. The van der Waals surface area contributed by atoms with Gasteiger partial charge in [-0.05, 0) is 54.2 Å². The van der Waals surface area contributed by atoms with E-state index in [0.29, 0.717) is 16.7 Å². The van der Waals surface area contributed by atoms with Crippen LogP contribution in [0.4, 0.5) is 8.78 Å². The van der Waals surface area contributed by atoms with Gasteiger partial charge in [0.25, 0.3) is 0 Å². The molecule has 0 unspecified atom stereocenters. The summed E-state index contributed by atoms with van der Waals surface area (Å²) in [7, 11) is 0. The molecule has 24 heavy (non-hydrogen) atoms. The van der Waals surface area contributed by atoms with Crippen LogP contribution >= 0.6 is 0 Å². The highest BCUT2D eigenvalue weighted by molar-refractivity contribution is 5.71. The molecule has 1 aliphatic rings. The second-order valence-electron chi connectivity index (χ2n) is 6.34. The molecule has 1 saturated carbocycles. The first-order chi connectivity index (χ1) is 11.5. The summed E-state index contributed by atoms with van der Waals surface area (Å²) in [6.07, 6.45) is 8.51. The lowest BCUT2D eigenvalue weighted by molar-refractivity contribution is 0.389. The lowest BCUT2D eigenvalue weighted by atomic mass is 9.83. The highest BCUT2D eigenvalue weighted by Gasteiger charge is 2.22. The number of phenols is 2. The van der Waals surface area contributed by atoms with Crippen LogP contribution in [0.3, 0.4) is 0 Å². The van der Waals surface area contributed by atoms with Crippen molar-refractivity contribution in [2.75, 3.05) is 0 Å². The van der Waals surface area contributed by atoms with Gasteiger partial charge in [-0.2, -0.15) is 0 Å². The molecule has 0 bridgehead atoms. The molecule has 0 heterocycles. The molecule has 1 aliphatic carbocycles. The van der Waals surface area contributed by atoms with E-state index in [4.69, 9.17) is 0 Å². The van der Waals surface area contributed by atoms with Gasteiger partial charge in [0.15, 0.2) is 0 Å². The maximum absolute atomic E-state index is 13.2. The molecular formula is C20H20F2O2. The van der Waals surface area contributed by atoms with Crippen LogP contribution in [0, 0.1) is 11.6 Å². The minimum atomic E-state index is -0.645. The second kappa shape index (κ2) is 7.04. The van der Waals surface area contributed by atoms with Crippen molar-refractivity contribution in [2.45, 2.75) is 38.0 Å². The van der Waals surface area contributed by atoms with Gasteiger partial charge < -0.3 is 10.2 Å².